The lowest BCUT2D eigenvalue weighted by Gasteiger charge is -2.00. The molecule has 78 valence electrons. The fourth-order valence-corrected chi connectivity index (χ4v) is 1.23. The highest BCUT2D eigenvalue weighted by molar-refractivity contribution is 5.91. The van der Waals surface area contributed by atoms with Gasteiger partial charge in [0.25, 0.3) is 5.91 Å². The van der Waals surface area contributed by atoms with Crippen molar-refractivity contribution in [3.05, 3.63) is 42.1 Å². The van der Waals surface area contributed by atoms with Crippen LogP contribution >= 0.6 is 0 Å². The Morgan fingerprint density at radius 1 is 1.53 bits per heavy atom. The lowest BCUT2D eigenvalue weighted by molar-refractivity contribution is 0.0926. The summed E-state index contributed by atoms with van der Waals surface area (Å²) in [7, 11) is 0. The summed E-state index contributed by atoms with van der Waals surface area (Å²) in [6, 6.07) is 5.19. The zero-order valence-corrected chi connectivity index (χ0v) is 8.06. The van der Waals surface area contributed by atoms with Crippen molar-refractivity contribution in [2.45, 2.75) is 6.42 Å². The quantitative estimate of drug-likeness (QED) is 0.781. The van der Waals surface area contributed by atoms with Gasteiger partial charge in [-0.1, -0.05) is 0 Å². The van der Waals surface area contributed by atoms with Crippen LogP contribution in [-0.4, -0.2) is 22.6 Å². The summed E-state index contributed by atoms with van der Waals surface area (Å²) < 4.78 is 4.95. The average molecular weight is 205 g/mol. The average Bonchev–Trinajstić information content (AvgIpc) is 2.90. The molecule has 2 aromatic rings. The Bertz CT molecular complexity index is 406. The predicted octanol–water partition coefficient (Wildman–Crippen LogP) is 0.975. The van der Waals surface area contributed by atoms with E-state index in [1.807, 2.05) is 6.07 Å². The Morgan fingerprint density at radius 3 is 3.13 bits per heavy atom. The van der Waals surface area contributed by atoms with Gasteiger partial charge in [-0.3, -0.25) is 9.89 Å². The highest BCUT2D eigenvalue weighted by Gasteiger charge is 2.06. The van der Waals surface area contributed by atoms with Crippen molar-refractivity contribution in [1.82, 2.24) is 15.5 Å². The van der Waals surface area contributed by atoms with Crippen LogP contribution in [0, 0.1) is 0 Å². The largest absolute Gasteiger partial charge is 0.459 e. The van der Waals surface area contributed by atoms with E-state index in [4.69, 9.17) is 4.42 Å². The standard InChI is InChI=1S/C10H11N3O2/c14-10(9-2-1-7-15-9)11-5-3-8-4-6-12-13-8/h1-2,4,6-7H,3,5H2,(H,11,14)(H,12,13). The van der Waals surface area contributed by atoms with E-state index in [1.54, 1.807) is 18.3 Å². The molecule has 0 saturated carbocycles. The normalized spacial score (nSPS) is 10.1. The Balaban J connectivity index is 1.77. The summed E-state index contributed by atoms with van der Waals surface area (Å²) in [5.74, 6) is 0.138. The maximum Gasteiger partial charge on any atom is 0.286 e. The van der Waals surface area contributed by atoms with Gasteiger partial charge < -0.3 is 9.73 Å². The molecular formula is C10H11N3O2. The highest BCUT2D eigenvalue weighted by atomic mass is 16.3. The van der Waals surface area contributed by atoms with Crippen molar-refractivity contribution in [3.63, 3.8) is 0 Å². The SMILES string of the molecule is O=C(NCCc1ccn[nH]1)c1ccco1. The van der Waals surface area contributed by atoms with Crippen molar-refractivity contribution >= 4 is 5.91 Å². The molecule has 5 heteroatoms. The maximum absolute atomic E-state index is 11.4. The first kappa shape index (κ1) is 9.51. The van der Waals surface area contributed by atoms with Crippen LogP contribution in [0.25, 0.3) is 0 Å². The van der Waals surface area contributed by atoms with Gasteiger partial charge >= 0.3 is 0 Å². The lowest BCUT2D eigenvalue weighted by atomic mass is 10.3. The fraction of sp³-hybridized carbons (Fsp3) is 0.200. The third kappa shape index (κ3) is 2.46. The second-order valence-corrected chi connectivity index (χ2v) is 3.07. The zero-order valence-electron chi connectivity index (χ0n) is 8.06. The number of carbonyl (C=O) groups excluding carboxylic acids is 1. The Kier molecular flexibility index (Phi) is 2.82. The molecule has 0 radical (unpaired) electrons. The molecule has 1 amide bonds. The molecule has 0 spiro atoms. The molecule has 2 heterocycles. The van der Waals surface area contributed by atoms with Crippen molar-refractivity contribution in [2.75, 3.05) is 6.54 Å². The molecule has 2 N–H and O–H groups in total. The van der Waals surface area contributed by atoms with Crippen LogP contribution in [0.5, 0.6) is 0 Å². The van der Waals surface area contributed by atoms with Crippen molar-refractivity contribution in [1.29, 1.82) is 0 Å². The minimum atomic E-state index is -0.195. The van der Waals surface area contributed by atoms with Crippen LogP contribution in [0.4, 0.5) is 0 Å². The highest BCUT2D eigenvalue weighted by Crippen LogP contribution is 1.99. The van der Waals surface area contributed by atoms with Crippen molar-refractivity contribution in [2.24, 2.45) is 0 Å². The van der Waals surface area contributed by atoms with Gasteiger partial charge in [-0.15, -0.1) is 0 Å². The number of furan rings is 1. The number of aromatic nitrogens is 2. The molecule has 0 aliphatic rings. The number of nitrogens with one attached hydrogen (secondary N) is 2. The van der Waals surface area contributed by atoms with Crippen LogP contribution in [0.2, 0.25) is 0 Å². The van der Waals surface area contributed by atoms with E-state index in [2.05, 4.69) is 15.5 Å². The number of rotatable bonds is 4. The number of amides is 1. The molecule has 0 fully saturated rings. The first-order chi connectivity index (χ1) is 7.36. The van der Waals surface area contributed by atoms with E-state index < -0.39 is 0 Å². The van der Waals surface area contributed by atoms with E-state index in [-0.39, 0.29) is 5.91 Å². The molecule has 2 rings (SSSR count). The second-order valence-electron chi connectivity index (χ2n) is 3.07. The van der Waals surface area contributed by atoms with Gasteiger partial charge in [0, 0.05) is 24.9 Å². The first-order valence-electron chi connectivity index (χ1n) is 4.66. The number of hydrogen-bond acceptors (Lipinski definition) is 3. The molecule has 0 aliphatic heterocycles. The smallest absolute Gasteiger partial charge is 0.286 e. The molecule has 0 aliphatic carbocycles. The topological polar surface area (TPSA) is 70.9 Å². The van der Waals surface area contributed by atoms with Crippen LogP contribution in [-0.2, 0) is 6.42 Å². The molecule has 2 aromatic heterocycles. The monoisotopic (exact) mass is 205 g/mol. The summed E-state index contributed by atoms with van der Waals surface area (Å²) in [6.07, 6.45) is 3.89. The van der Waals surface area contributed by atoms with Crippen LogP contribution in [0.15, 0.2) is 35.1 Å². The van der Waals surface area contributed by atoms with Gasteiger partial charge in [-0.25, -0.2) is 0 Å². The van der Waals surface area contributed by atoms with Crippen LogP contribution in [0.3, 0.4) is 0 Å². The molecule has 15 heavy (non-hydrogen) atoms. The van der Waals surface area contributed by atoms with Gasteiger partial charge in [-0.2, -0.15) is 5.10 Å². The first-order valence-corrected chi connectivity index (χ1v) is 4.66. The summed E-state index contributed by atoms with van der Waals surface area (Å²) in [5, 5.41) is 9.38. The minimum Gasteiger partial charge on any atom is -0.459 e. The number of hydrogen-bond donors (Lipinski definition) is 2. The number of nitrogens with zero attached hydrogens (tertiary/aromatic N) is 1. The molecule has 0 bridgehead atoms. The van der Waals surface area contributed by atoms with E-state index in [1.165, 1.54) is 6.26 Å². The molecule has 0 unspecified atom stereocenters. The predicted molar refractivity (Wildman–Crippen MR) is 53.3 cm³/mol. The number of carbonyl (C=O) groups is 1. The summed E-state index contributed by atoms with van der Waals surface area (Å²) in [4.78, 5) is 11.4. The van der Waals surface area contributed by atoms with Gasteiger partial charge in [0.15, 0.2) is 5.76 Å². The van der Waals surface area contributed by atoms with Crippen LogP contribution in [0.1, 0.15) is 16.2 Å². The number of H-pyrrole nitrogens is 1. The zero-order chi connectivity index (χ0) is 10.5. The van der Waals surface area contributed by atoms with Gasteiger partial charge in [0.05, 0.1) is 6.26 Å². The van der Waals surface area contributed by atoms with Gasteiger partial charge in [-0.05, 0) is 18.2 Å². The van der Waals surface area contributed by atoms with E-state index in [0.29, 0.717) is 12.3 Å². The van der Waals surface area contributed by atoms with Gasteiger partial charge in [0.1, 0.15) is 0 Å². The lowest BCUT2D eigenvalue weighted by Crippen LogP contribution is -2.25. The molecule has 5 nitrogen and oxygen atoms in total. The van der Waals surface area contributed by atoms with Gasteiger partial charge in [0.2, 0.25) is 0 Å². The summed E-state index contributed by atoms with van der Waals surface area (Å²) >= 11 is 0. The third-order valence-corrected chi connectivity index (χ3v) is 1.98. The van der Waals surface area contributed by atoms with E-state index in [0.717, 1.165) is 12.1 Å². The van der Waals surface area contributed by atoms with E-state index >= 15 is 0 Å². The molecular weight excluding hydrogens is 194 g/mol. The molecule has 0 atom stereocenters. The fourth-order valence-electron chi connectivity index (χ4n) is 1.23. The van der Waals surface area contributed by atoms with Crippen LogP contribution < -0.4 is 5.32 Å². The summed E-state index contributed by atoms with van der Waals surface area (Å²) in [5.41, 5.74) is 0.995. The van der Waals surface area contributed by atoms with E-state index in [9.17, 15) is 4.79 Å². The Labute approximate surface area is 86.5 Å². The number of aromatic amines is 1. The van der Waals surface area contributed by atoms with Crippen molar-refractivity contribution in [3.8, 4) is 0 Å². The third-order valence-electron chi connectivity index (χ3n) is 1.98. The minimum absolute atomic E-state index is 0.195. The molecule has 0 aromatic carbocycles. The Hall–Kier alpha value is -2.04. The van der Waals surface area contributed by atoms with Crippen molar-refractivity contribution < 1.29 is 9.21 Å². The molecule has 0 saturated heterocycles. The summed E-state index contributed by atoms with van der Waals surface area (Å²) in [6.45, 7) is 0.557. The maximum atomic E-state index is 11.4. The second kappa shape index (κ2) is 4.45. The Morgan fingerprint density at radius 2 is 2.47 bits per heavy atom.